The summed E-state index contributed by atoms with van der Waals surface area (Å²) in [6.45, 7) is 0.604. The zero-order valence-corrected chi connectivity index (χ0v) is 10.3. The maximum atomic E-state index is 10.1. The molecule has 0 aliphatic heterocycles. The van der Waals surface area contributed by atoms with Crippen LogP contribution in [0.4, 0.5) is 0 Å². The Morgan fingerprint density at radius 2 is 1.69 bits per heavy atom. The minimum absolute atomic E-state index is 0. The number of carbonyl (C=O) groups is 1. The quantitative estimate of drug-likeness (QED) is 0.230. The SMILES string of the molecule is NCCCC[C@H](N)C(=O)O.O=S(=O)([O-])[O-].[Mn+2]. The molecule has 0 heterocycles. The van der Waals surface area contributed by atoms with Gasteiger partial charge in [-0.25, -0.2) is 0 Å². The Morgan fingerprint density at radius 1 is 1.31 bits per heavy atom. The van der Waals surface area contributed by atoms with Gasteiger partial charge in [0, 0.05) is 10.4 Å². The van der Waals surface area contributed by atoms with E-state index in [2.05, 4.69) is 0 Å². The van der Waals surface area contributed by atoms with E-state index in [9.17, 15) is 4.79 Å². The molecule has 0 aromatic rings. The topological polar surface area (TPSA) is 170 Å². The molecule has 0 bridgehead atoms. The van der Waals surface area contributed by atoms with Crippen LogP contribution in [-0.2, 0) is 32.3 Å². The summed E-state index contributed by atoms with van der Waals surface area (Å²) >= 11 is 0. The van der Waals surface area contributed by atoms with E-state index in [1.54, 1.807) is 0 Å². The smallest absolute Gasteiger partial charge is 0.759 e. The van der Waals surface area contributed by atoms with Crippen molar-refractivity contribution in [3.63, 3.8) is 0 Å². The second-order valence-electron chi connectivity index (χ2n) is 2.64. The minimum atomic E-state index is -5.17. The summed E-state index contributed by atoms with van der Waals surface area (Å²) in [6.07, 6.45) is 2.16. The average molecular weight is 297 g/mol. The van der Waals surface area contributed by atoms with Gasteiger partial charge in [0.25, 0.3) is 0 Å². The third kappa shape index (κ3) is 29.2. The molecule has 0 saturated carbocycles. The van der Waals surface area contributed by atoms with Crippen LogP contribution in [0, 0.1) is 0 Å². The predicted molar refractivity (Wildman–Crippen MR) is 49.0 cm³/mol. The van der Waals surface area contributed by atoms with E-state index in [0.29, 0.717) is 13.0 Å². The monoisotopic (exact) mass is 297 g/mol. The minimum Gasteiger partial charge on any atom is -0.759 e. The summed E-state index contributed by atoms with van der Waals surface area (Å²) in [5.74, 6) is -0.933. The molecule has 0 rings (SSSR count). The second-order valence-corrected chi connectivity index (χ2v) is 3.45. The van der Waals surface area contributed by atoms with Crippen LogP contribution in [-0.4, -0.2) is 41.2 Å². The van der Waals surface area contributed by atoms with Gasteiger partial charge in [0.2, 0.25) is 0 Å². The second kappa shape index (κ2) is 11.3. The Labute approximate surface area is 104 Å². The fourth-order valence-electron chi connectivity index (χ4n) is 0.632. The Hall–Kier alpha value is -0.221. The predicted octanol–water partition coefficient (Wildman–Crippen LogP) is -1.81. The van der Waals surface area contributed by atoms with E-state index >= 15 is 0 Å². The average Bonchev–Trinajstić information content (AvgIpc) is 2.01. The summed E-state index contributed by atoms with van der Waals surface area (Å²) in [4.78, 5) is 10.1. The molecule has 10 heteroatoms. The van der Waals surface area contributed by atoms with Gasteiger partial charge in [-0.2, -0.15) is 0 Å². The van der Waals surface area contributed by atoms with E-state index in [1.165, 1.54) is 0 Å². The Morgan fingerprint density at radius 3 is 1.94 bits per heavy atom. The van der Waals surface area contributed by atoms with Gasteiger partial charge in [0.05, 0.1) is 0 Å². The molecule has 97 valence electrons. The fraction of sp³-hybridized carbons (Fsp3) is 0.833. The number of hydrogen-bond acceptors (Lipinski definition) is 7. The van der Waals surface area contributed by atoms with Gasteiger partial charge >= 0.3 is 23.0 Å². The third-order valence-corrected chi connectivity index (χ3v) is 1.29. The van der Waals surface area contributed by atoms with Crippen molar-refractivity contribution in [2.45, 2.75) is 25.3 Å². The molecular formula is C6H14MnN2O6S. The van der Waals surface area contributed by atoms with E-state index in [4.69, 9.17) is 34.1 Å². The summed E-state index contributed by atoms with van der Waals surface area (Å²) < 4.78 is 34.1. The maximum absolute atomic E-state index is 10.1. The largest absolute Gasteiger partial charge is 2.00 e. The van der Waals surface area contributed by atoms with Crippen molar-refractivity contribution in [3.05, 3.63) is 0 Å². The molecule has 0 unspecified atom stereocenters. The van der Waals surface area contributed by atoms with Crippen molar-refractivity contribution in [1.29, 1.82) is 0 Å². The normalized spacial score (nSPS) is 11.8. The third-order valence-electron chi connectivity index (χ3n) is 1.29. The van der Waals surface area contributed by atoms with E-state index < -0.39 is 22.4 Å². The summed E-state index contributed by atoms with van der Waals surface area (Å²) in [5, 5.41) is 8.33. The molecule has 1 radical (unpaired) electrons. The molecule has 0 aliphatic carbocycles. The molecule has 0 aromatic heterocycles. The summed E-state index contributed by atoms with van der Waals surface area (Å²) in [7, 11) is -5.17. The Bertz CT molecular complexity index is 262. The van der Waals surface area contributed by atoms with Crippen molar-refractivity contribution < 1.29 is 44.5 Å². The summed E-state index contributed by atoms with van der Waals surface area (Å²) in [5.41, 5.74) is 10.4. The van der Waals surface area contributed by atoms with Crippen molar-refractivity contribution >= 4 is 16.4 Å². The van der Waals surface area contributed by atoms with E-state index in [-0.39, 0.29) is 17.1 Å². The van der Waals surface area contributed by atoms with Crippen LogP contribution in [0.25, 0.3) is 0 Å². The van der Waals surface area contributed by atoms with Crippen molar-refractivity contribution in [2.24, 2.45) is 11.5 Å². The van der Waals surface area contributed by atoms with Gasteiger partial charge in [0.1, 0.15) is 6.04 Å². The first kappa shape index (κ1) is 21.1. The van der Waals surface area contributed by atoms with Gasteiger partial charge in [0.15, 0.2) is 0 Å². The molecule has 1 atom stereocenters. The molecule has 0 amide bonds. The Balaban J connectivity index is -0.000000242. The first-order valence-electron chi connectivity index (χ1n) is 4.03. The molecule has 8 nitrogen and oxygen atoms in total. The number of hydrogen-bond donors (Lipinski definition) is 3. The van der Waals surface area contributed by atoms with Crippen molar-refractivity contribution in [2.75, 3.05) is 6.54 Å². The number of carboxylic acids is 1. The van der Waals surface area contributed by atoms with Crippen LogP contribution < -0.4 is 11.5 Å². The van der Waals surface area contributed by atoms with Crippen LogP contribution in [0.2, 0.25) is 0 Å². The van der Waals surface area contributed by atoms with Crippen molar-refractivity contribution in [1.82, 2.24) is 0 Å². The number of rotatable bonds is 5. The zero-order valence-electron chi connectivity index (χ0n) is 8.34. The molecule has 0 aromatic carbocycles. The molecule has 5 N–H and O–H groups in total. The molecular weight excluding hydrogens is 283 g/mol. The first-order chi connectivity index (χ1) is 6.68. The van der Waals surface area contributed by atoms with Gasteiger partial charge in [-0.1, -0.05) is 6.42 Å². The number of unbranched alkanes of at least 4 members (excludes halogenated alkanes) is 1. The molecule has 0 aliphatic rings. The summed E-state index contributed by atoms with van der Waals surface area (Å²) in [6, 6.07) is -0.716. The van der Waals surface area contributed by atoms with E-state index in [1.807, 2.05) is 0 Å². The van der Waals surface area contributed by atoms with Crippen molar-refractivity contribution in [3.8, 4) is 0 Å². The zero-order chi connectivity index (χ0) is 12.5. The van der Waals surface area contributed by atoms with Crippen LogP contribution in [0.15, 0.2) is 0 Å². The van der Waals surface area contributed by atoms with Gasteiger partial charge in [-0.15, -0.1) is 0 Å². The molecule has 0 spiro atoms. The molecule has 16 heavy (non-hydrogen) atoms. The number of carboxylic acid groups (broad SMARTS) is 1. The van der Waals surface area contributed by atoms with Gasteiger partial charge in [-0.05, 0) is 19.4 Å². The van der Waals surface area contributed by atoms with Crippen LogP contribution in [0.5, 0.6) is 0 Å². The van der Waals surface area contributed by atoms with Gasteiger partial charge in [-0.3, -0.25) is 13.2 Å². The standard InChI is InChI=1S/C6H14N2O2.Mn.H2O4S/c7-4-2-1-3-5(8)6(9)10;;1-5(2,3)4/h5H,1-4,7-8H2,(H,9,10);;(H2,1,2,3,4)/q;+2;/p-2/t5-;;/m0../s1. The first-order valence-corrected chi connectivity index (χ1v) is 5.37. The van der Waals surface area contributed by atoms with Gasteiger partial charge < -0.3 is 25.7 Å². The number of nitrogens with two attached hydrogens (primary N) is 2. The van der Waals surface area contributed by atoms with Crippen LogP contribution in [0.3, 0.4) is 0 Å². The molecule has 0 saturated heterocycles. The van der Waals surface area contributed by atoms with Crippen LogP contribution >= 0.6 is 0 Å². The maximum Gasteiger partial charge on any atom is 2.00 e. The number of aliphatic carboxylic acids is 1. The fourth-order valence-corrected chi connectivity index (χ4v) is 0.632. The molecule has 0 fully saturated rings. The Kier molecular flexibility index (Phi) is 14.9. The van der Waals surface area contributed by atoms with E-state index in [0.717, 1.165) is 12.8 Å². The van der Waals surface area contributed by atoms with Crippen LogP contribution in [0.1, 0.15) is 19.3 Å².